The second-order valence-electron chi connectivity index (χ2n) is 5.14. The van der Waals surface area contributed by atoms with E-state index in [-0.39, 0.29) is 5.56 Å². The Labute approximate surface area is 123 Å². The summed E-state index contributed by atoms with van der Waals surface area (Å²) in [6.07, 6.45) is 4.02. The fraction of sp³-hybridized carbons (Fsp3) is 0.200. The first-order chi connectivity index (χ1) is 9.72. The van der Waals surface area contributed by atoms with Crippen LogP contribution in [-0.2, 0) is 0 Å². The van der Waals surface area contributed by atoms with Gasteiger partial charge < -0.3 is 10.3 Å². The van der Waals surface area contributed by atoms with Gasteiger partial charge in [-0.25, -0.2) is 4.98 Å². The molecule has 1 aromatic carbocycles. The van der Waals surface area contributed by atoms with Crippen LogP contribution in [0.2, 0.25) is 0 Å². The van der Waals surface area contributed by atoms with Gasteiger partial charge in [-0.3, -0.25) is 4.79 Å². The number of nitrogens with zero attached hydrogens (tertiary/aromatic N) is 1. The predicted octanol–water partition coefficient (Wildman–Crippen LogP) is 3.41. The highest BCUT2D eigenvalue weighted by molar-refractivity contribution is 9.10. The van der Waals surface area contributed by atoms with Crippen LogP contribution < -0.4 is 10.9 Å². The van der Waals surface area contributed by atoms with E-state index >= 15 is 0 Å². The summed E-state index contributed by atoms with van der Waals surface area (Å²) in [5, 5.41) is 6.01. The normalized spacial score (nSPS) is 14.8. The maximum absolute atomic E-state index is 12.1. The van der Waals surface area contributed by atoms with Crippen molar-refractivity contribution in [3.63, 3.8) is 0 Å². The molecule has 100 valence electrons. The van der Waals surface area contributed by atoms with Crippen molar-refractivity contribution < 1.29 is 0 Å². The Morgan fingerprint density at radius 3 is 2.90 bits per heavy atom. The van der Waals surface area contributed by atoms with Gasteiger partial charge in [0.2, 0.25) is 0 Å². The Balaban J connectivity index is 2.14. The van der Waals surface area contributed by atoms with Crippen LogP contribution >= 0.6 is 15.9 Å². The van der Waals surface area contributed by atoms with Gasteiger partial charge in [-0.1, -0.05) is 15.9 Å². The molecule has 0 amide bonds. The summed E-state index contributed by atoms with van der Waals surface area (Å²) in [6.45, 7) is 0. The van der Waals surface area contributed by atoms with Crippen molar-refractivity contribution in [2.24, 2.45) is 0 Å². The van der Waals surface area contributed by atoms with E-state index < -0.39 is 0 Å². The van der Waals surface area contributed by atoms with Gasteiger partial charge >= 0.3 is 0 Å². The standard InChI is InChI=1S/C15H12BrN3O/c16-8-1-4-10-11(7-8)13-12(5-6-17-15(13)20)19-14(10)18-9-2-3-9/h1,4-7,9H,2-3H2,(H,17,20)(H,18,19). The zero-order chi connectivity index (χ0) is 13.7. The lowest BCUT2D eigenvalue weighted by atomic mass is 10.1. The molecule has 2 heterocycles. The first-order valence-electron chi connectivity index (χ1n) is 6.59. The molecule has 0 unspecified atom stereocenters. The quantitative estimate of drug-likeness (QED) is 0.708. The molecule has 0 aliphatic heterocycles. The first-order valence-corrected chi connectivity index (χ1v) is 7.39. The third-order valence-corrected chi connectivity index (χ3v) is 4.09. The average molecular weight is 330 g/mol. The number of benzene rings is 1. The van der Waals surface area contributed by atoms with E-state index in [0.29, 0.717) is 11.4 Å². The zero-order valence-electron chi connectivity index (χ0n) is 10.6. The third-order valence-electron chi connectivity index (χ3n) is 3.60. The van der Waals surface area contributed by atoms with Gasteiger partial charge in [0.25, 0.3) is 5.56 Å². The number of hydrogen-bond acceptors (Lipinski definition) is 3. The molecule has 0 spiro atoms. The molecule has 1 aliphatic carbocycles. The Morgan fingerprint density at radius 1 is 1.25 bits per heavy atom. The molecule has 1 aliphatic rings. The Morgan fingerprint density at radius 2 is 2.10 bits per heavy atom. The fourth-order valence-electron chi connectivity index (χ4n) is 2.46. The van der Waals surface area contributed by atoms with Crippen molar-refractivity contribution in [2.75, 3.05) is 5.32 Å². The van der Waals surface area contributed by atoms with Gasteiger partial charge in [0.1, 0.15) is 5.82 Å². The molecule has 1 fully saturated rings. The highest BCUT2D eigenvalue weighted by Gasteiger charge is 2.23. The van der Waals surface area contributed by atoms with Crippen LogP contribution in [0.4, 0.5) is 5.82 Å². The van der Waals surface area contributed by atoms with E-state index in [4.69, 9.17) is 0 Å². The number of aromatic amines is 1. The van der Waals surface area contributed by atoms with Gasteiger partial charge in [0.05, 0.1) is 10.9 Å². The minimum Gasteiger partial charge on any atom is -0.367 e. The minimum atomic E-state index is -0.101. The van der Waals surface area contributed by atoms with Crippen LogP contribution in [0.15, 0.2) is 39.7 Å². The van der Waals surface area contributed by atoms with Crippen molar-refractivity contribution in [3.05, 3.63) is 45.3 Å². The summed E-state index contributed by atoms with van der Waals surface area (Å²) in [7, 11) is 0. The summed E-state index contributed by atoms with van der Waals surface area (Å²) in [6, 6.07) is 8.32. The Kier molecular flexibility index (Phi) is 2.57. The van der Waals surface area contributed by atoms with Crippen LogP contribution in [0.3, 0.4) is 0 Å². The highest BCUT2D eigenvalue weighted by Crippen LogP contribution is 2.32. The van der Waals surface area contributed by atoms with Crippen molar-refractivity contribution in [1.29, 1.82) is 0 Å². The molecule has 1 saturated carbocycles. The highest BCUT2D eigenvalue weighted by atomic mass is 79.9. The number of hydrogen-bond donors (Lipinski definition) is 2. The van der Waals surface area contributed by atoms with Gasteiger partial charge in [-0.2, -0.15) is 0 Å². The maximum Gasteiger partial charge on any atom is 0.258 e. The second kappa shape index (κ2) is 4.31. The summed E-state index contributed by atoms with van der Waals surface area (Å²) in [5.74, 6) is 0.869. The SMILES string of the molecule is O=c1[nH]ccc2nc(NC3CC3)c3ccc(Br)cc3c12. The van der Waals surface area contributed by atoms with Crippen LogP contribution in [0.1, 0.15) is 12.8 Å². The van der Waals surface area contributed by atoms with Crippen molar-refractivity contribution in [3.8, 4) is 0 Å². The molecule has 3 aromatic rings. The van der Waals surface area contributed by atoms with E-state index in [9.17, 15) is 4.79 Å². The minimum absolute atomic E-state index is 0.101. The number of halogens is 1. The maximum atomic E-state index is 12.1. The lowest BCUT2D eigenvalue weighted by Crippen LogP contribution is -2.09. The monoisotopic (exact) mass is 329 g/mol. The number of H-pyrrole nitrogens is 1. The first kappa shape index (κ1) is 11.9. The molecule has 4 rings (SSSR count). The molecule has 0 saturated heterocycles. The van der Waals surface area contributed by atoms with Crippen molar-refractivity contribution in [2.45, 2.75) is 18.9 Å². The zero-order valence-corrected chi connectivity index (χ0v) is 12.2. The van der Waals surface area contributed by atoms with Gasteiger partial charge in [-0.05, 0) is 37.1 Å². The Hall–Kier alpha value is -1.88. The van der Waals surface area contributed by atoms with Gasteiger partial charge in [0.15, 0.2) is 0 Å². The van der Waals surface area contributed by atoms with Crippen molar-refractivity contribution >= 4 is 43.4 Å². The molecule has 4 nitrogen and oxygen atoms in total. The molecule has 2 aromatic heterocycles. The number of anilines is 1. The number of rotatable bonds is 2. The van der Waals surface area contributed by atoms with E-state index in [1.54, 1.807) is 6.20 Å². The summed E-state index contributed by atoms with van der Waals surface area (Å²) in [4.78, 5) is 19.5. The van der Waals surface area contributed by atoms with Gasteiger partial charge in [0, 0.05) is 27.5 Å². The molecule has 2 N–H and O–H groups in total. The van der Waals surface area contributed by atoms with Gasteiger partial charge in [-0.15, -0.1) is 0 Å². The molecular weight excluding hydrogens is 318 g/mol. The lowest BCUT2D eigenvalue weighted by Gasteiger charge is -2.10. The van der Waals surface area contributed by atoms with E-state index in [2.05, 4.69) is 31.2 Å². The van der Waals surface area contributed by atoms with Crippen LogP contribution in [0, 0.1) is 0 Å². The number of pyridine rings is 2. The largest absolute Gasteiger partial charge is 0.367 e. The van der Waals surface area contributed by atoms with Crippen LogP contribution in [-0.4, -0.2) is 16.0 Å². The van der Waals surface area contributed by atoms with E-state index in [1.165, 1.54) is 12.8 Å². The predicted molar refractivity (Wildman–Crippen MR) is 84.2 cm³/mol. The molecule has 0 radical (unpaired) electrons. The second-order valence-corrected chi connectivity index (χ2v) is 6.05. The molecule has 20 heavy (non-hydrogen) atoms. The number of fused-ring (bicyclic) bond motifs is 3. The lowest BCUT2D eigenvalue weighted by molar-refractivity contribution is 1.13. The smallest absolute Gasteiger partial charge is 0.258 e. The van der Waals surface area contributed by atoms with E-state index in [1.807, 2.05) is 24.3 Å². The molecular formula is C15H12BrN3O. The number of nitrogens with one attached hydrogen (secondary N) is 2. The molecule has 0 bridgehead atoms. The Bertz CT molecular complexity index is 883. The van der Waals surface area contributed by atoms with E-state index in [0.717, 1.165) is 26.6 Å². The van der Waals surface area contributed by atoms with Crippen LogP contribution in [0.5, 0.6) is 0 Å². The van der Waals surface area contributed by atoms with Crippen molar-refractivity contribution in [1.82, 2.24) is 9.97 Å². The van der Waals surface area contributed by atoms with Crippen LogP contribution in [0.25, 0.3) is 21.7 Å². The summed E-state index contributed by atoms with van der Waals surface area (Å²) >= 11 is 3.48. The molecule has 5 heteroatoms. The fourth-order valence-corrected chi connectivity index (χ4v) is 2.82. The molecule has 0 atom stereocenters. The summed E-state index contributed by atoms with van der Waals surface area (Å²) < 4.78 is 0.957. The summed E-state index contributed by atoms with van der Waals surface area (Å²) in [5.41, 5.74) is 0.624. The average Bonchev–Trinajstić information content (AvgIpc) is 3.22. The third kappa shape index (κ3) is 1.89. The number of aromatic nitrogens is 2. The topological polar surface area (TPSA) is 57.8 Å².